The Morgan fingerprint density at radius 2 is 1.82 bits per heavy atom. The van der Waals surface area contributed by atoms with E-state index in [0.29, 0.717) is 27.0 Å². The minimum absolute atomic E-state index is 0. The van der Waals surface area contributed by atoms with E-state index >= 15 is 0 Å². The van der Waals surface area contributed by atoms with Crippen LogP contribution < -0.4 is 11.1 Å². The van der Waals surface area contributed by atoms with Gasteiger partial charge in [-0.25, -0.2) is 4.68 Å². The summed E-state index contributed by atoms with van der Waals surface area (Å²) in [5.74, 6) is 5.49. The summed E-state index contributed by atoms with van der Waals surface area (Å²) < 4.78 is 1.69. The van der Waals surface area contributed by atoms with Gasteiger partial charge in [0.2, 0.25) is 0 Å². The molecule has 10 heteroatoms. The number of pyridine rings is 1. The van der Waals surface area contributed by atoms with Crippen molar-refractivity contribution in [3.05, 3.63) is 99.4 Å². The van der Waals surface area contributed by atoms with E-state index in [2.05, 4.69) is 22.1 Å². The topological polar surface area (TPSA) is 85.8 Å². The third kappa shape index (κ3) is 6.68. The van der Waals surface area contributed by atoms with Crippen LogP contribution in [0.1, 0.15) is 41.0 Å². The normalized spacial score (nSPS) is 10.5. The molecule has 0 saturated carbocycles. The van der Waals surface area contributed by atoms with Crippen LogP contribution in [0.25, 0.3) is 16.9 Å². The number of benzene rings is 2. The van der Waals surface area contributed by atoms with E-state index in [0.717, 1.165) is 22.4 Å². The fraction of sp³-hybridized carbons (Fsp3) is 0.179. The Kier molecular flexibility index (Phi) is 10.8. The maximum absolute atomic E-state index is 13.5. The van der Waals surface area contributed by atoms with E-state index in [1.165, 1.54) is 0 Å². The zero-order valence-corrected chi connectivity index (χ0v) is 24.1. The highest BCUT2D eigenvalue weighted by Gasteiger charge is 2.28. The molecule has 0 unspecified atom stereocenters. The summed E-state index contributed by atoms with van der Waals surface area (Å²) in [4.78, 5) is 17.7. The number of carbonyl (C=O) groups is 1. The van der Waals surface area contributed by atoms with Gasteiger partial charge in [-0.05, 0) is 62.7 Å². The molecule has 0 bridgehead atoms. The molecule has 2 heterocycles. The number of nitrogens with one attached hydrogen (secondary N) is 1. The van der Waals surface area contributed by atoms with Crippen LogP contribution in [-0.2, 0) is 5.54 Å². The second kappa shape index (κ2) is 13.1. The van der Waals surface area contributed by atoms with Gasteiger partial charge >= 0.3 is 0 Å². The molecule has 0 atom stereocenters. The molecule has 0 saturated heterocycles. The van der Waals surface area contributed by atoms with Gasteiger partial charge in [0.1, 0.15) is 0 Å². The zero-order valence-electron chi connectivity index (χ0n) is 21.0. The van der Waals surface area contributed by atoms with Gasteiger partial charge in [0, 0.05) is 34.1 Å². The Hall–Kier alpha value is -3.05. The quantitative estimate of drug-likeness (QED) is 0.264. The predicted octanol–water partition coefficient (Wildman–Crippen LogP) is 6.37. The van der Waals surface area contributed by atoms with Crippen LogP contribution >= 0.6 is 48.0 Å². The standard InChI is InChI=1S/C28H25Cl2N5O.2ClH/c1-18-25(27(36)33-28(2,3)21-7-5-15-32-17-21)34-35(26(18)20-9-11-22(29)12-10-20)24-13-8-19(6-4-14-31)16-23(24)30;;/h5,7-13,15-17H,14,31H2,1-3H3,(H,33,36);2*1H. The molecular formula is C28H27Cl4N5O. The summed E-state index contributed by atoms with van der Waals surface area (Å²) in [6, 6.07) is 16.6. The summed E-state index contributed by atoms with van der Waals surface area (Å²) in [7, 11) is 0. The summed E-state index contributed by atoms with van der Waals surface area (Å²) in [6.07, 6.45) is 3.43. The van der Waals surface area contributed by atoms with Crippen molar-refractivity contribution in [3.8, 4) is 28.8 Å². The van der Waals surface area contributed by atoms with Gasteiger partial charge in [-0.2, -0.15) is 5.10 Å². The average molecular weight is 591 g/mol. The molecule has 3 N–H and O–H groups in total. The van der Waals surface area contributed by atoms with E-state index in [9.17, 15) is 4.79 Å². The number of rotatable bonds is 5. The number of halogens is 4. The number of nitrogens with two attached hydrogens (primary N) is 1. The number of nitrogens with zero attached hydrogens (tertiary/aromatic N) is 3. The lowest BCUT2D eigenvalue weighted by Crippen LogP contribution is -2.41. The summed E-state index contributed by atoms with van der Waals surface area (Å²) in [5.41, 5.74) is 9.64. The van der Waals surface area contributed by atoms with Gasteiger partial charge in [0.25, 0.3) is 5.91 Å². The lowest BCUT2D eigenvalue weighted by molar-refractivity contribution is 0.0905. The number of amides is 1. The smallest absolute Gasteiger partial charge is 0.272 e. The lowest BCUT2D eigenvalue weighted by Gasteiger charge is -2.26. The molecule has 4 rings (SSSR count). The minimum Gasteiger partial charge on any atom is -0.342 e. The van der Waals surface area contributed by atoms with Gasteiger partial charge in [-0.3, -0.25) is 9.78 Å². The Morgan fingerprint density at radius 3 is 2.42 bits per heavy atom. The Labute approximate surface area is 244 Å². The Bertz CT molecular complexity index is 1470. The third-order valence-corrected chi connectivity index (χ3v) is 6.33. The van der Waals surface area contributed by atoms with Crippen LogP contribution in [0.2, 0.25) is 10.0 Å². The van der Waals surface area contributed by atoms with Crippen LogP contribution in [0, 0.1) is 18.8 Å². The molecule has 0 aliphatic heterocycles. The first-order valence-electron chi connectivity index (χ1n) is 11.3. The van der Waals surface area contributed by atoms with Crippen LogP contribution in [0.3, 0.4) is 0 Å². The highest BCUT2D eigenvalue weighted by molar-refractivity contribution is 6.32. The van der Waals surface area contributed by atoms with E-state index in [1.54, 1.807) is 35.3 Å². The van der Waals surface area contributed by atoms with E-state index in [4.69, 9.17) is 34.0 Å². The number of hydrogen-bond donors (Lipinski definition) is 2. The van der Waals surface area contributed by atoms with Gasteiger partial charge < -0.3 is 11.1 Å². The summed E-state index contributed by atoms with van der Waals surface area (Å²) >= 11 is 12.8. The molecule has 0 spiro atoms. The fourth-order valence-corrected chi connectivity index (χ4v) is 4.28. The van der Waals surface area contributed by atoms with Crippen molar-refractivity contribution in [2.45, 2.75) is 26.3 Å². The molecule has 0 radical (unpaired) electrons. The van der Waals surface area contributed by atoms with E-state index < -0.39 is 5.54 Å². The lowest BCUT2D eigenvalue weighted by atomic mass is 9.95. The molecule has 0 aliphatic rings. The highest BCUT2D eigenvalue weighted by atomic mass is 35.5. The number of aromatic nitrogens is 3. The molecule has 2 aromatic heterocycles. The van der Waals surface area contributed by atoms with Crippen LogP contribution in [0.5, 0.6) is 0 Å². The predicted molar refractivity (Wildman–Crippen MR) is 159 cm³/mol. The van der Waals surface area contributed by atoms with Crippen molar-refractivity contribution in [2.75, 3.05) is 6.54 Å². The fourth-order valence-electron chi connectivity index (χ4n) is 3.89. The van der Waals surface area contributed by atoms with Crippen LogP contribution in [0.15, 0.2) is 67.0 Å². The molecule has 1 amide bonds. The van der Waals surface area contributed by atoms with Crippen molar-refractivity contribution in [3.63, 3.8) is 0 Å². The van der Waals surface area contributed by atoms with Crippen molar-refractivity contribution < 1.29 is 4.79 Å². The maximum Gasteiger partial charge on any atom is 0.272 e. The first-order valence-corrected chi connectivity index (χ1v) is 12.0. The second-order valence-corrected chi connectivity index (χ2v) is 9.58. The maximum atomic E-state index is 13.5. The molecule has 198 valence electrons. The minimum atomic E-state index is -0.664. The Morgan fingerprint density at radius 1 is 1.11 bits per heavy atom. The summed E-state index contributed by atoms with van der Waals surface area (Å²) in [5, 5.41) is 8.87. The largest absolute Gasteiger partial charge is 0.342 e. The molecule has 38 heavy (non-hydrogen) atoms. The molecule has 0 fully saturated rings. The van der Waals surface area contributed by atoms with Gasteiger partial charge in [0.15, 0.2) is 5.69 Å². The van der Waals surface area contributed by atoms with Crippen LogP contribution in [-0.4, -0.2) is 27.2 Å². The van der Waals surface area contributed by atoms with Crippen molar-refractivity contribution in [1.29, 1.82) is 0 Å². The van der Waals surface area contributed by atoms with E-state index in [1.807, 2.05) is 57.2 Å². The van der Waals surface area contributed by atoms with Crippen molar-refractivity contribution >= 4 is 53.9 Å². The summed E-state index contributed by atoms with van der Waals surface area (Å²) in [6.45, 7) is 5.97. The average Bonchev–Trinajstić information content (AvgIpc) is 3.20. The highest BCUT2D eigenvalue weighted by Crippen LogP contribution is 2.33. The SMILES string of the molecule is Cc1c(C(=O)NC(C)(C)c2cccnc2)nn(-c2ccc(C#CCN)cc2Cl)c1-c1ccc(Cl)cc1.Cl.Cl. The van der Waals surface area contributed by atoms with Gasteiger partial charge in [-0.1, -0.05) is 53.2 Å². The number of carbonyl (C=O) groups excluding carboxylic acids is 1. The molecule has 0 aliphatic carbocycles. The first kappa shape index (κ1) is 31.2. The van der Waals surface area contributed by atoms with Gasteiger partial charge in [-0.15, -0.1) is 24.8 Å². The van der Waals surface area contributed by atoms with Gasteiger partial charge in [0.05, 0.1) is 28.5 Å². The molecule has 4 aromatic rings. The zero-order chi connectivity index (χ0) is 25.9. The second-order valence-electron chi connectivity index (χ2n) is 8.73. The Balaban J connectivity index is 0.00000253. The molecule has 2 aromatic carbocycles. The monoisotopic (exact) mass is 589 g/mol. The molecular weight excluding hydrogens is 564 g/mol. The van der Waals surface area contributed by atoms with Crippen molar-refractivity contribution in [2.24, 2.45) is 5.73 Å². The van der Waals surface area contributed by atoms with Crippen LogP contribution in [0.4, 0.5) is 0 Å². The molecule has 6 nitrogen and oxygen atoms in total. The van der Waals surface area contributed by atoms with Crippen molar-refractivity contribution in [1.82, 2.24) is 20.1 Å². The third-order valence-electron chi connectivity index (χ3n) is 5.77. The van der Waals surface area contributed by atoms with E-state index in [-0.39, 0.29) is 37.3 Å². The number of hydrogen-bond acceptors (Lipinski definition) is 4. The first-order chi connectivity index (χ1) is 17.2.